The second-order valence-electron chi connectivity index (χ2n) is 13.4. The molecule has 0 radical (unpaired) electrons. The van der Waals surface area contributed by atoms with E-state index in [0.29, 0.717) is 32.0 Å². The Balaban J connectivity index is 1.47. The number of amides is 1. The summed E-state index contributed by atoms with van der Waals surface area (Å²) in [4.78, 5) is 30.4. The van der Waals surface area contributed by atoms with Crippen LogP contribution in [0.3, 0.4) is 0 Å². The van der Waals surface area contributed by atoms with Crippen LogP contribution in [0.25, 0.3) is 0 Å². The molecule has 236 valence electrons. The van der Waals surface area contributed by atoms with Crippen molar-refractivity contribution in [3.8, 4) is 5.75 Å². The third-order valence-corrected chi connectivity index (χ3v) is 10.7. The number of hydrogen-bond acceptors (Lipinski definition) is 7. The fraction of sp³-hybridized carbons (Fsp3) is 0.543. The average molecular weight is 623 g/mol. The van der Waals surface area contributed by atoms with Crippen LogP contribution in [-0.2, 0) is 31.8 Å². The van der Waals surface area contributed by atoms with Crippen LogP contribution in [-0.4, -0.2) is 73.5 Å². The molecule has 2 bridgehead atoms. The van der Waals surface area contributed by atoms with Gasteiger partial charge in [-0.2, -0.15) is 0 Å². The number of aryl methyl sites for hydroxylation is 1. The first-order valence-corrected chi connectivity index (χ1v) is 16.1. The number of hydrogen-bond donors (Lipinski definition) is 2. The lowest BCUT2D eigenvalue weighted by atomic mass is 9.68. The molecule has 1 fully saturated rings. The van der Waals surface area contributed by atoms with Crippen molar-refractivity contribution in [2.75, 3.05) is 45.3 Å². The number of nitrogens with zero attached hydrogens (tertiary/aromatic N) is 2. The van der Waals surface area contributed by atoms with Crippen LogP contribution in [0.2, 0.25) is 5.02 Å². The zero-order chi connectivity index (χ0) is 31.2. The molecule has 2 aliphatic heterocycles. The molecule has 1 saturated carbocycles. The molecule has 2 heterocycles. The van der Waals surface area contributed by atoms with Gasteiger partial charge in [-0.1, -0.05) is 42.8 Å². The minimum atomic E-state index is -2.18. The van der Waals surface area contributed by atoms with Gasteiger partial charge in [-0.05, 0) is 90.8 Å². The van der Waals surface area contributed by atoms with E-state index in [0.717, 1.165) is 42.8 Å². The summed E-state index contributed by atoms with van der Waals surface area (Å²) in [6.07, 6.45) is 7.66. The molecule has 2 aromatic rings. The Morgan fingerprint density at radius 3 is 2.70 bits per heavy atom. The fourth-order valence-electron chi connectivity index (χ4n) is 7.78. The normalized spacial score (nSPS) is 32.9. The molecule has 6 rings (SSSR count). The van der Waals surface area contributed by atoms with Crippen LogP contribution in [0.4, 0.5) is 5.69 Å². The summed E-state index contributed by atoms with van der Waals surface area (Å²) < 4.78 is 11.7. The summed E-state index contributed by atoms with van der Waals surface area (Å²) in [6.45, 7) is 4.20. The van der Waals surface area contributed by atoms with Gasteiger partial charge >= 0.3 is 5.97 Å². The Bertz CT molecular complexity index is 1460. The topological polar surface area (TPSA) is 99.5 Å². The van der Waals surface area contributed by atoms with Gasteiger partial charge in [-0.15, -0.1) is 0 Å². The van der Waals surface area contributed by atoms with Crippen molar-refractivity contribution in [1.82, 2.24) is 4.90 Å². The molecule has 1 spiro atoms. The first-order chi connectivity index (χ1) is 21.0. The van der Waals surface area contributed by atoms with E-state index in [2.05, 4.69) is 17.0 Å². The third kappa shape index (κ3) is 5.61. The first kappa shape index (κ1) is 30.9. The van der Waals surface area contributed by atoms with Crippen molar-refractivity contribution in [2.24, 2.45) is 17.8 Å². The molecule has 2 aliphatic carbocycles. The van der Waals surface area contributed by atoms with Crippen molar-refractivity contribution in [3.05, 3.63) is 70.3 Å². The molecule has 2 unspecified atom stereocenters. The maximum Gasteiger partial charge on any atom is 0.343 e. The highest BCUT2D eigenvalue weighted by atomic mass is 35.5. The minimum absolute atomic E-state index is 0.0235. The first-order valence-electron chi connectivity index (χ1n) is 15.8. The van der Waals surface area contributed by atoms with E-state index >= 15 is 0 Å². The summed E-state index contributed by atoms with van der Waals surface area (Å²) in [5, 5.41) is 23.8. The number of aliphatic hydroxyl groups excluding tert-OH is 1. The lowest BCUT2D eigenvalue weighted by Gasteiger charge is -2.45. The summed E-state index contributed by atoms with van der Waals surface area (Å²) in [5.41, 5.74) is 1.07. The van der Waals surface area contributed by atoms with Crippen LogP contribution in [0.5, 0.6) is 5.75 Å². The van der Waals surface area contributed by atoms with Gasteiger partial charge in [0.2, 0.25) is 5.91 Å². The molecule has 2 aromatic carbocycles. The highest BCUT2D eigenvalue weighted by Crippen LogP contribution is 2.47. The van der Waals surface area contributed by atoms with Crippen LogP contribution < -0.4 is 9.64 Å². The number of esters is 1. The van der Waals surface area contributed by atoms with E-state index in [1.54, 1.807) is 25.2 Å². The number of anilines is 1. The zero-order valence-corrected chi connectivity index (χ0v) is 26.6. The van der Waals surface area contributed by atoms with Crippen LogP contribution in [0.15, 0.2) is 48.6 Å². The van der Waals surface area contributed by atoms with Gasteiger partial charge in [-0.3, -0.25) is 4.79 Å². The van der Waals surface area contributed by atoms with E-state index < -0.39 is 24.1 Å². The molecule has 6 atom stereocenters. The number of fused-ring (bicyclic) bond motifs is 4. The van der Waals surface area contributed by atoms with Gasteiger partial charge < -0.3 is 29.5 Å². The van der Waals surface area contributed by atoms with Gasteiger partial charge in [0.25, 0.3) is 0 Å². The van der Waals surface area contributed by atoms with Gasteiger partial charge in [0.05, 0.1) is 31.9 Å². The van der Waals surface area contributed by atoms with Crippen LogP contribution in [0, 0.1) is 17.8 Å². The molecular formula is C35H43ClN2O6. The zero-order valence-electron chi connectivity index (χ0n) is 25.8. The van der Waals surface area contributed by atoms with Crippen molar-refractivity contribution in [1.29, 1.82) is 0 Å². The van der Waals surface area contributed by atoms with E-state index in [1.807, 2.05) is 25.1 Å². The number of methoxy groups -OCH3 is 1. The second kappa shape index (κ2) is 12.0. The third-order valence-electron chi connectivity index (χ3n) is 10.4. The Kier molecular flexibility index (Phi) is 8.46. The van der Waals surface area contributed by atoms with Crippen LogP contribution in [0.1, 0.15) is 55.7 Å². The Labute approximate surface area is 264 Å². The predicted molar refractivity (Wildman–Crippen MR) is 169 cm³/mol. The van der Waals surface area contributed by atoms with Crippen molar-refractivity contribution in [3.63, 3.8) is 0 Å². The number of carbonyl (C=O) groups excluding carboxylic acids is 2. The molecule has 1 amide bonds. The summed E-state index contributed by atoms with van der Waals surface area (Å²) in [5.74, 6) is -0.267. The van der Waals surface area contributed by atoms with E-state index in [4.69, 9.17) is 21.1 Å². The van der Waals surface area contributed by atoms with E-state index in [1.165, 1.54) is 23.1 Å². The average Bonchev–Trinajstić information content (AvgIpc) is 3.14. The van der Waals surface area contributed by atoms with Gasteiger partial charge in [0.1, 0.15) is 5.75 Å². The predicted octanol–water partition coefficient (Wildman–Crippen LogP) is 4.62. The largest absolute Gasteiger partial charge is 0.490 e. The summed E-state index contributed by atoms with van der Waals surface area (Å²) in [7, 11) is 2.88. The van der Waals surface area contributed by atoms with Crippen molar-refractivity contribution < 1.29 is 29.3 Å². The number of rotatable bonds is 1. The highest BCUT2D eigenvalue weighted by molar-refractivity contribution is 6.30. The van der Waals surface area contributed by atoms with Gasteiger partial charge in [-0.25, -0.2) is 4.79 Å². The van der Waals surface area contributed by atoms with Crippen LogP contribution >= 0.6 is 11.6 Å². The van der Waals surface area contributed by atoms with Gasteiger partial charge in [0.15, 0.2) is 5.60 Å². The van der Waals surface area contributed by atoms with Crippen molar-refractivity contribution in [2.45, 2.75) is 62.6 Å². The molecule has 8 nitrogen and oxygen atoms in total. The Morgan fingerprint density at radius 2 is 1.95 bits per heavy atom. The number of aliphatic hydroxyl groups is 2. The summed E-state index contributed by atoms with van der Waals surface area (Å²) >= 11 is 6.41. The molecule has 0 aromatic heterocycles. The Hall–Kier alpha value is -3.07. The van der Waals surface area contributed by atoms with Gasteiger partial charge in [0, 0.05) is 37.1 Å². The number of ether oxygens (including phenoxy) is 2. The number of carbonyl (C=O) groups is 2. The molecule has 2 N–H and O–H groups in total. The quantitative estimate of drug-likeness (QED) is 0.354. The molecule has 9 heteroatoms. The fourth-order valence-corrected chi connectivity index (χ4v) is 7.98. The second-order valence-corrected chi connectivity index (χ2v) is 13.9. The van der Waals surface area contributed by atoms with E-state index in [9.17, 15) is 19.8 Å². The monoisotopic (exact) mass is 622 g/mol. The number of benzene rings is 2. The maximum atomic E-state index is 13.4. The minimum Gasteiger partial charge on any atom is -0.490 e. The lowest BCUT2D eigenvalue weighted by Crippen LogP contribution is -2.49. The maximum absolute atomic E-state index is 13.4. The summed E-state index contributed by atoms with van der Waals surface area (Å²) in [6, 6.07) is 11.4. The van der Waals surface area contributed by atoms with E-state index in [-0.39, 0.29) is 34.6 Å². The Morgan fingerprint density at radius 1 is 1.14 bits per heavy atom. The standard InChI is InChI=1S/C35H43ClN2O6/c1-22-6-12-30(39)27-10-7-24(27)19-38-20-34(14-4-5-23-15-26(36)9-11-28(23)34)21-44-31-13-8-25(16-29(31)38)35(42,33(41)43-3)17-32(40)37(2)18-22/h6,8-9,11-13,15-16,22,24,27,30,39,42H,4-5,7,10,14,17-21H2,1-3H3/b12-6+/t22?,24-,27+,30?,34-,35+/m0/s1. The molecule has 44 heavy (non-hydrogen) atoms. The molecular weight excluding hydrogens is 580 g/mol. The molecule has 0 saturated heterocycles. The lowest BCUT2D eigenvalue weighted by molar-refractivity contribution is -0.168. The highest BCUT2D eigenvalue weighted by Gasteiger charge is 2.46. The smallest absolute Gasteiger partial charge is 0.343 e. The number of halogens is 1. The van der Waals surface area contributed by atoms with Crippen molar-refractivity contribution >= 4 is 29.2 Å². The SMILES string of the molecule is COC(=O)[C@@]1(O)CC(=O)N(C)CC(C)/C=C/C(O)[C@@H]2CC[C@H]2CN2C[C@@]3(CCCc4cc(Cl)ccc43)COc3ccc1cc32. The molecule has 4 aliphatic rings.